The molecule has 0 radical (unpaired) electrons. The minimum absolute atomic E-state index is 0.00312. The van der Waals surface area contributed by atoms with Crippen LogP contribution >= 0.6 is 0 Å². The number of pyridine rings is 1. The third-order valence-corrected chi connectivity index (χ3v) is 4.00. The third-order valence-electron chi connectivity index (χ3n) is 4.00. The molecule has 6 N–H and O–H groups in total. The van der Waals surface area contributed by atoms with E-state index in [1.54, 1.807) is 18.2 Å². The molecule has 1 aliphatic heterocycles. The zero-order valence-electron chi connectivity index (χ0n) is 15.1. The molecule has 0 aromatic carbocycles. The molecule has 2 heterocycles. The monoisotopic (exact) mass is 390 g/mol. The van der Waals surface area contributed by atoms with E-state index in [4.69, 9.17) is 26.8 Å². The summed E-state index contributed by atoms with van der Waals surface area (Å²) < 4.78 is 10.1. The third kappa shape index (κ3) is 4.62. The van der Waals surface area contributed by atoms with Crippen LogP contribution in [0.2, 0.25) is 0 Å². The highest BCUT2D eigenvalue weighted by Gasteiger charge is 2.71. The molecule has 1 saturated heterocycles. The van der Waals surface area contributed by atoms with Crippen LogP contribution in [0.25, 0.3) is 0 Å². The van der Waals surface area contributed by atoms with Gasteiger partial charge in [0.2, 0.25) is 5.91 Å². The fourth-order valence-corrected chi connectivity index (χ4v) is 2.61. The summed E-state index contributed by atoms with van der Waals surface area (Å²) in [6.07, 6.45) is 2.66. The molecule has 0 spiro atoms. The summed E-state index contributed by atoms with van der Waals surface area (Å²) >= 11 is 0. The number of aliphatic imine (C=N–C) groups is 1. The lowest BCUT2D eigenvalue weighted by molar-refractivity contribution is -0.158. The number of ether oxygens (including phenoxy) is 2. The Morgan fingerprint density at radius 3 is 2.68 bits per heavy atom. The van der Waals surface area contributed by atoms with E-state index in [1.807, 2.05) is 0 Å². The van der Waals surface area contributed by atoms with Crippen molar-refractivity contribution in [3.8, 4) is 0 Å². The predicted molar refractivity (Wildman–Crippen MR) is 97.7 cm³/mol. The number of esters is 1. The standard InChI is InChI=1S/C17H22N6O5/c1-2-9-27-14(25)12(6-8-22-16(18)19)17(15(26)28-17)23(20)13(24)10-11-5-3-4-7-21-11/h2-5,7,12H,1,6,8-10,20H2,(H4,18,19,22)/t12?,17-/m1/s1. The highest BCUT2D eigenvalue weighted by atomic mass is 16.7. The zero-order chi connectivity index (χ0) is 20.7. The van der Waals surface area contributed by atoms with Crippen LogP contribution in [0, 0.1) is 5.92 Å². The lowest BCUT2D eigenvalue weighted by atomic mass is 9.95. The number of hydrazine groups is 1. The first-order chi connectivity index (χ1) is 13.3. The molecule has 1 aliphatic rings. The number of carbonyl (C=O) groups is 3. The molecule has 0 bridgehead atoms. The maximum Gasteiger partial charge on any atom is 0.377 e. The van der Waals surface area contributed by atoms with E-state index in [-0.39, 0.29) is 32.0 Å². The van der Waals surface area contributed by atoms with Crippen molar-refractivity contribution in [3.05, 3.63) is 42.7 Å². The molecule has 1 unspecified atom stereocenters. The van der Waals surface area contributed by atoms with Gasteiger partial charge in [-0.15, -0.1) is 0 Å². The smallest absolute Gasteiger partial charge is 0.377 e. The number of rotatable bonds is 10. The number of guanidine groups is 1. The summed E-state index contributed by atoms with van der Waals surface area (Å²) in [5.41, 5.74) is 9.04. The van der Waals surface area contributed by atoms with E-state index in [0.717, 1.165) is 0 Å². The minimum atomic E-state index is -1.97. The maximum absolute atomic E-state index is 12.6. The van der Waals surface area contributed by atoms with Gasteiger partial charge in [-0.1, -0.05) is 18.7 Å². The molecule has 1 fully saturated rings. The van der Waals surface area contributed by atoms with Gasteiger partial charge in [0.25, 0.3) is 0 Å². The Balaban J connectivity index is 2.22. The summed E-state index contributed by atoms with van der Waals surface area (Å²) in [6.45, 7) is 3.36. The Morgan fingerprint density at radius 2 is 2.14 bits per heavy atom. The Hall–Kier alpha value is -3.47. The summed E-state index contributed by atoms with van der Waals surface area (Å²) in [7, 11) is 0. The van der Waals surface area contributed by atoms with Crippen molar-refractivity contribution in [2.75, 3.05) is 13.2 Å². The Labute approximate surface area is 161 Å². The van der Waals surface area contributed by atoms with Gasteiger partial charge in [0.05, 0.1) is 6.42 Å². The summed E-state index contributed by atoms with van der Waals surface area (Å²) in [6, 6.07) is 5.02. The molecule has 11 nitrogen and oxygen atoms in total. The number of aromatic nitrogens is 1. The molecule has 0 saturated carbocycles. The Morgan fingerprint density at radius 1 is 1.43 bits per heavy atom. The van der Waals surface area contributed by atoms with E-state index < -0.39 is 29.5 Å². The van der Waals surface area contributed by atoms with Gasteiger partial charge in [-0.05, 0) is 18.6 Å². The van der Waals surface area contributed by atoms with Gasteiger partial charge >= 0.3 is 17.7 Å². The van der Waals surface area contributed by atoms with Gasteiger partial charge in [-0.25, -0.2) is 15.6 Å². The second kappa shape index (κ2) is 8.95. The van der Waals surface area contributed by atoms with E-state index in [1.165, 1.54) is 12.3 Å². The molecule has 150 valence electrons. The van der Waals surface area contributed by atoms with E-state index in [0.29, 0.717) is 10.7 Å². The van der Waals surface area contributed by atoms with Crippen molar-refractivity contribution in [2.45, 2.75) is 18.6 Å². The zero-order valence-corrected chi connectivity index (χ0v) is 15.1. The Bertz CT molecular complexity index is 780. The fraction of sp³-hybridized carbons (Fsp3) is 0.353. The topological polar surface area (TPSA) is 180 Å². The maximum atomic E-state index is 12.6. The largest absolute Gasteiger partial charge is 0.461 e. The average molecular weight is 390 g/mol. The molecule has 2 rings (SSSR count). The predicted octanol–water partition coefficient (Wildman–Crippen LogP) is -1.41. The second-order valence-electron chi connectivity index (χ2n) is 5.91. The van der Waals surface area contributed by atoms with E-state index >= 15 is 0 Å². The van der Waals surface area contributed by atoms with Crippen LogP contribution in [-0.2, 0) is 30.3 Å². The number of hydrogen-bond acceptors (Lipinski definition) is 8. The molecular formula is C17H22N6O5. The van der Waals surface area contributed by atoms with Gasteiger partial charge in [0.15, 0.2) is 5.96 Å². The number of nitrogens with zero attached hydrogens (tertiary/aromatic N) is 3. The van der Waals surface area contributed by atoms with Gasteiger partial charge in [0.1, 0.15) is 12.5 Å². The van der Waals surface area contributed by atoms with Crippen molar-refractivity contribution in [3.63, 3.8) is 0 Å². The first-order valence-electron chi connectivity index (χ1n) is 8.37. The van der Waals surface area contributed by atoms with Crippen LogP contribution in [0.5, 0.6) is 0 Å². The van der Waals surface area contributed by atoms with Crippen molar-refractivity contribution < 1.29 is 23.9 Å². The number of amides is 1. The minimum Gasteiger partial charge on any atom is -0.461 e. The summed E-state index contributed by atoms with van der Waals surface area (Å²) in [5.74, 6) is 2.20. The Kier molecular flexibility index (Phi) is 6.66. The number of epoxide rings is 1. The van der Waals surface area contributed by atoms with E-state index in [9.17, 15) is 14.4 Å². The molecule has 1 amide bonds. The van der Waals surface area contributed by atoms with Crippen LogP contribution in [0.15, 0.2) is 42.0 Å². The van der Waals surface area contributed by atoms with Crippen molar-refractivity contribution in [1.29, 1.82) is 0 Å². The SMILES string of the molecule is C=CCOC(=O)C(CCN=C(N)N)[C@@]1(N(N)C(=O)Cc2ccccn2)OC1=O. The fourth-order valence-electron chi connectivity index (χ4n) is 2.61. The molecular weight excluding hydrogens is 368 g/mol. The van der Waals surface area contributed by atoms with Crippen LogP contribution in [0.3, 0.4) is 0 Å². The van der Waals surface area contributed by atoms with Gasteiger partial charge in [0, 0.05) is 18.4 Å². The van der Waals surface area contributed by atoms with Crippen molar-refractivity contribution in [2.24, 2.45) is 28.2 Å². The number of carbonyl (C=O) groups excluding carboxylic acids is 3. The summed E-state index contributed by atoms with van der Waals surface area (Å²) in [5, 5.41) is 0.610. The highest BCUT2D eigenvalue weighted by Crippen LogP contribution is 2.42. The quantitative estimate of drug-likeness (QED) is 0.0632. The number of hydrogen-bond donors (Lipinski definition) is 3. The normalized spacial score (nSPS) is 18.4. The highest BCUT2D eigenvalue weighted by molar-refractivity contribution is 6.01. The molecule has 2 atom stereocenters. The lowest BCUT2D eigenvalue weighted by Crippen LogP contribution is -2.56. The van der Waals surface area contributed by atoms with Crippen molar-refractivity contribution in [1.82, 2.24) is 9.99 Å². The van der Waals surface area contributed by atoms with Gasteiger partial charge in [-0.2, -0.15) is 0 Å². The van der Waals surface area contributed by atoms with Gasteiger partial charge < -0.3 is 20.9 Å². The first kappa shape index (κ1) is 20.8. The lowest BCUT2D eigenvalue weighted by Gasteiger charge is -2.27. The second-order valence-corrected chi connectivity index (χ2v) is 5.91. The van der Waals surface area contributed by atoms with Crippen LogP contribution < -0.4 is 17.3 Å². The molecule has 1 aromatic heterocycles. The van der Waals surface area contributed by atoms with E-state index in [2.05, 4.69) is 16.6 Å². The number of nitrogens with two attached hydrogens (primary N) is 3. The van der Waals surface area contributed by atoms with Gasteiger partial charge in [-0.3, -0.25) is 19.6 Å². The first-order valence-corrected chi connectivity index (χ1v) is 8.37. The molecule has 0 aliphatic carbocycles. The average Bonchev–Trinajstić information content (AvgIpc) is 3.34. The van der Waals surface area contributed by atoms with Crippen LogP contribution in [0.1, 0.15) is 12.1 Å². The van der Waals surface area contributed by atoms with Crippen molar-refractivity contribution >= 4 is 23.8 Å². The van der Waals surface area contributed by atoms with Crippen LogP contribution in [-0.4, -0.2) is 52.7 Å². The summed E-state index contributed by atoms with van der Waals surface area (Å²) in [4.78, 5) is 45.0. The van der Waals surface area contributed by atoms with Crippen LogP contribution in [0.4, 0.5) is 0 Å². The molecule has 28 heavy (non-hydrogen) atoms. The molecule has 11 heteroatoms. The molecule has 1 aromatic rings. The number of cyclic esters (lactones) is 1.